The van der Waals surface area contributed by atoms with Crippen molar-refractivity contribution in [3.05, 3.63) is 64.1 Å². The van der Waals surface area contributed by atoms with E-state index in [9.17, 15) is 9.00 Å². The number of H-pyrrole nitrogens is 1. The molecule has 1 atom stereocenters. The van der Waals surface area contributed by atoms with Gasteiger partial charge in [-0.15, -0.1) is 0 Å². The van der Waals surface area contributed by atoms with Gasteiger partial charge in [0.25, 0.3) is 5.56 Å². The number of hydrogen-bond acceptors (Lipinski definition) is 5. The molecule has 132 valence electrons. The average Bonchev–Trinajstić information content (AvgIpc) is 3.26. The predicted octanol–water partition coefficient (Wildman–Crippen LogP) is 1.72. The lowest BCUT2D eigenvalue weighted by Gasteiger charge is -2.06. The molecule has 0 aliphatic heterocycles. The van der Waals surface area contributed by atoms with Crippen LogP contribution in [0, 0.1) is 0 Å². The van der Waals surface area contributed by atoms with Crippen LogP contribution in [0.1, 0.15) is 5.69 Å². The summed E-state index contributed by atoms with van der Waals surface area (Å²) in [6.07, 6.45) is 6.32. The Balaban J connectivity index is 1.72. The first-order chi connectivity index (χ1) is 12.5. The molecule has 4 rings (SSSR count). The molecule has 0 aliphatic rings. The van der Waals surface area contributed by atoms with Crippen LogP contribution in [-0.2, 0) is 24.4 Å². The molecule has 1 aromatic carbocycles. The summed E-state index contributed by atoms with van der Waals surface area (Å²) in [5.74, 6) is 0. The number of halogens is 1. The third-order valence-corrected chi connectivity index (χ3v) is 5.53. The molecule has 0 saturated carbocycles. The van der Waals surface area contributed by atoms with Gasteiger partial charge in [-0.05, 0) is 18.2 Å². The molecule has 1 N–H and O–H groups in total. The molecule has 0 radical (unpaired) electrons. The van der Waals surface area contributed by atoms with Crippen LogP contribution < -0.4 is 5.56 Å². The average molecular weight is 389 g/mol. The summed E-state index contributed by atoms with van der Waals surface area (Å²) in [6.45, 7) is 0.178. The van der Waals surface area contributed by atoms with Crippen molar-refractivity contribution in [1.29, 1.82) is 0 Å². The van der Waals surface area contributed by atoms with Crippen molar-refractivity contribution in [3.63, 3.8) is 0 Å². The van der Waals surface area contributed by atoms with Crippen molar-refractivity contribution in [2.45, 2.75) is 16.3 Å². The number of benzene rings is 1. The minimum atomic E-state index is -1.38. The monoisotopic (exact) mass is 388 g/mol. The van der Waals surface area contributed by atoms with E-state index in [1.54, 1.807) is 48.5 Å². The molecule has 8 nitrogen and oxygen atoms in total. The summed E-state index contributed by atoms with van der Waals surface area (Å²) < 4.78 is 15.4. The lowest BCUT2D eigenvalue weighted by Crippen LogP contribution is -2.23. The van der Waals surface area contributed by atoms with E-state index < -0.39 is 10.8 Å². The van der Waals surface area contributed by atoms with Gasteiger partial charge in [0.15, 0.2) is 0 Å². The van der Waals surface area contributed by atoms with Gasteiger partial charge in [-0.25, -0.2) is 8.89 Å². The van der Waals surface area contributed by atoms with E-state index in [-0.39, 0.29) is 12.1 Å². The number of nitrogens with zero attached hydrogens (tertiary/aromatic N) is 5. The predicted molar refractivity (Wildman–Crippen MR) is 96.6 cm³/mol. The Hall–Kier alpha value is -2.78. The zero-order valence-corrected chi connectivity index (χ0v) is 15.2. The Morgan fingerprint density at radius 1 is 1.27 bits per heavy atom. The maximum atomic E-state index is 12.7. The van der Waals surface area contributed by atoms with Crippen molar-refractivity contribution in [3.8, 4) is 0 Å². The van der Waals surface area contributed by atoms with E-state index in [4.69, 9.17) is 11.6 Å². The smallest absolute Gasteiger partial charge is 0.274 e. The Kier molecular flexibility index (Phi) is 4.17. The molecule has 0 saturated heterocycles. The SMILES string of the molecule is Cn1cc(Cl)c(Cn2ncc3cc(S(=O)c4cn[nH]c4)ccc3c2=O)n1. The van der Waals surface area contributed by atoms with Crippen molar-refractivity contribution < 1.29 is 4.21 Å². The number of aryl methyl sites for hydroxylation is 1. The standard InChI is InChI=1S/C16H13ClN6O2S/c1-22-8-14(17)15(21-22)9-23-16(24)13-3-2-11(4-10(13)5-20-23)26(25)12-6-18-19-7-12/h2-8H,9H2,1H3,(H,18,19). The highest BCUT2D eigenvalue weighted by Gasteiger charge is 2.13. The number of hydrogen-bond donors (Lipinski definition) is 1. The van der Waals surface area contributed by atoms with Gasteiger partial charge >= 0.3 is 0 Å². The Morgan fingerprint density at radius 2 is 2.12 bits per heavy atom. The fourth-order valence-corrected chi connectivity index (χ4v) is 3.87. The molecule has 10 heteroatoms. The van der Waals surface area contributed by atoms with Gasteiger partial charge in [-0.3, -0.25) is 14.6 Å². The van der Waals surface area contributed by atoms with E-state index in [2.05, 4.69) is 20.4 Å². The molecular weight excluding hydrogens is 376 g/mol. The highest BCUT2D eigenvalue weighted by atomic mass is 35.5. The fourth-order valence-electron chi connectivity index (χ4n) is 2.62. The molecule has 0 aliphatic carbocycles. The van der Waals surface area contributed by atoms with E-state index in [0.717, 1.165) is 0 Å². The van der Waals surface area contributed by atoms with Crippen molar-refractivity contribution >= 4 is 33.2 Å². The Bertz CT molecular complexity index is 1180. The summed E-state index contributed by atoms with van der Waals surface area (Å²) in [5.41, 5.74) is 0.311. The molecular formula is C16H13ClN6O2S. The highest BCUT2D eigenvalue weighted by Crippen LogP contribution is 2.19. The molecule has 26 heavy (non-hydrogen) atoms. The van der Waals surface area contributed by atoms with Gasteiger partial charge in [0.05, 0.1) is 45.0 Å². The molecule has 1 unspecified atom stereocenters. The summed E-state index contributed by atoms with van der Waals surface area (Å²) >= 11 is 6.10. The summed E-state index contributed by atoms with van der Waals surface area (Å²) in [4.78, 5) is 13.8. The zero-order valence-electron chi connectivity index (χ0n) is 13.6. The maximum absolute atomic E-state index is 12.7. The molecule has 0 spiro atoms. The van der Waals surface area contributed by atoms with Crippen molar-refractivity contribution in [2.75, 3.05) is 0 Å². The summed E-state index contributed by atoms with van der Waals surface area (Å²) in [5, 5.41) is 16.4. The second kappa shape index (κ2) is 6.50. The van der Waals surface area contributed by atoms with Crippen LogP contribution in [0.4, 0.5) is 0 Å². The highest BCUT2D eigenvalue weighted by molar-refractivity contribution is 7.85. The first-order valence-electron chi connectivity index (χ1n) is 7.61. The van der Waals surface area contributed by atoms with Gasteiger partial charge in [0.2, 0.25) is 0 Å². The zero-order chi connectivity index (χ0) is 18.3. The molecule has 0 bridgehead atoms. The minimum absolute atomic E-state index is 0.178. The van der Waals surface area contributed by atoms with Crippen LogP contribution in [0.3, 0.4) is 0 Å². The third-order valence-electron chi connectivity index (χ3n) is 3.88. The Labute approximate surface area is 154 Å². The van der Waals surface area contributed by atoms with Gasteiger partial charge in [0.1, 0.15) is 5.69 Å². The van der Waals surface area contributed by atoms with E-state index in [0.29, 0.717) is 31.3 Å². The van der Waals surface area contributed by atoms with Crippen molar-refractivity contribution in [1.82, 2.24) is 29.8 Å². The first kappa shape index (κ1) is 16.7. The molecule has 4 aromatic rings. The quantitative estimate of drug-likeness (QED) is 0.574. The maximum Gasteiger partial charge on any atom is 0.274 e. The third kappa shape index (κ3) is 2.95. The van der Waals surface area contributed by atoms with Crippen LogP contribution in [0.15, 0.2) is 57.6 Å². The molecule has 3 aromatic heterocycles. The topological polar surface area (TPSA) is 98.5 Å². The molecule has 3 heterocycles. The first-order valence-corrected chi connectivity index (χ1v) is 9.14. The van der Waals surface area contributed by atoms with Crippen LogP contribution in [-0.4, -0.2) is 34.0 Å². The number of fused-ring (bicyclic) bond motifs is 1. The van der Waals surface area contributed by atoms with E-state index in [1.807, 2.05) is 0 Å². The number of aromatic amines is 1. The van der Waals surface area contributed by atoms with Crippen LogP contribution >= 0.6 is 11.6 Å². The van der Waals surface area contributed by atoms with Crippen LogP contribution in [0.5, 0.6) is 0 Å². The van der Waals surface area contributed by atoms with Crippen molar-refractivity contribution in [2.24, 2.45) is 7.05 Å². The summed E-state index contributed by atoms with van der Waals surface area (Å²) in [7, 11) is 0.382. The second-order valence-electron chi connectivity index (χ2n) is 5.66. The van der Waals surface area contributed by atoms with Gasteiger partial charge in [-0.2, -0.15) is 15.3 Å². The largest absolute Gasteiger partial charge is 0.284 e. The minimum Gasteiger partial charge on any atom is -0.284 e. The normalized spacial score (nSPS) is 12.5. The molecule has 0 fully saturated rings. The van der Waals surface area contributed by atoms with E-state index in [1.165, 1.54) is 10.9 Å². The number of nitrogens with one attached hydrogen (secondary N) is 1. The number of rotatable bonds is 4. The Morgan fingerprint density at radius 3 is 2.81 bits per heavy atom. The summed E-state index contributed by atoms with van der Waals surface area (Å²) in [6, 6.07) is 5.03. The van der Waals surface area contributed by atoms with Gasteiger partial charge < -0.3 is 0 Å². The van der Waals surface area contributed by atoms with Crippen LogP contribution in [0.2, 0.25) is 5.02 Å². The van der Waals surface area contributed by atoms with Gasteiger partial charge in [0, 0.05) is 29.7 Å². The fraction of sp³-hybridized carbons (Fsp3) is 0.125. The second-order valence-corrected chi connectivity index (χ2v) is 7.54. The van der Waals surface area contributed by atoms with Gasteiger partial charge in [-0.1, -0.05) is 11.6 Å². The molecule has 0 amide bonds. The lowest BCUT2D eigenvalue weighted by atomic mass is 10.2. The van der Waals surface area contributed by atoms with Crippen LogP contribution in [0.25, 0.3) is 10.8 Å². The van der Waals surface area contributed by atoms with E-state index >= 15 is 0 Å². The lowest BCUT2D eigenvalue weighted by molar-refractivity contribution is 0.621. The number of aromatic nitrogens is 6.